The minimum Gasteiger partial charge on any atom is -0.481 e. The van der Waals surface area contributed by atoms with Crippen molar-refractivity contribution < 1.29 is 9.13 Å². The van der Waals surface area contributed by atoms with Crippen LogP contribution in [0.25, 0.3) is 0 Å². The number of anilines is 1. The zero-order valence-electron chi connectivity index (χ0n) is 12.1. The number of halogens is 1. The van der Waals surface area contributed by atoms with Crippen LogP contribution in [0.5, 0.6) is 5.88 Å². The maximum Gasteiger partial charge on any atom is 0.213 e. The summed E-state index contributed by atoms with van der Waals surface area (Å²) in [4.78, 5) is 6.33. The third-order valence-corrected chi connectivity index (χ3v) is 3.17. The molecule has 21 heavy (non-hydrogen) atoms. The average molecular weight is 289 g/mol. The summed E-state index contributed by atoms with van der Waals surface area (Å²) in [5.74, 6) is 0.317. The van der Waals surface area contributed by atoms with Crippen LogP contribution < -0.4 is 15.4 Å². The van der Waals surface area contributed by atoms with Gasteiger partial charge in [-0.15, -0.1) is 0 Å². The van der Waals surface area contributed by atoms with Gasteiger partial charge in [0, 0.05) is 12.6 Å². The van der Waals surface area contributed by atoms with E-state index in [1.807, 2.05) is 23.1 Å². The Morgan fingerprint density at radius 1 is 1.19 bits per heavy atom. The van der Waals surface area contributed by atoms with Crippen molar-refractivity contribution in [3.05, 3.63) is 54.0 Å². The largest absolute Gasteiger partial charge is 0.481 e. The lowest BCUT2D eigenvalue weighted by Gasteiger charge is -2.25. The van der Waals surface area contributed by atoms with Gasteiger partial charge in [-0.2, -0.15) is 0 Å². The molecule has 1 aromatic heterocycles. The lowest BCUT2D eigenvalue weighted by molar-refractivity contribution is 0.396. The third-order valence-electron chi connectivity index (χ3n) is 3.17. The van der Waals surface area contributed by atoms with E-state index in [4.69, 9.17) is 10.5 Å². The molecule has 0 aliphatic rings. The van der Waals surface area contributed by atoms with Crippen LogP contribution in [-0.4, -0.2) is 25.2 Å². The number of para-hydroxylation sites is 1. The number of nitrogens with two attached hydrogens (primary N) is 1. The van der Waals surface area contributed by atoms with Gasteiger partial charge in [-0.05, 0) is 31.2 Å². The Morgan fingerprint density at radius 2 is 2.00 bits per heavy atom. The van der Waals surface area contributed by atoms with E-state index < -0.39 is 0 Å². The van der Waals surface area contributed by atoms with Gasteiger partial charge in [0.1, 0.15) is 5.82 Å². The summed E-state index contributed by atoms with van der Waals surface area (Å²) in [6.07, 6.45) is 0.790. The number of hydrogen-bond acceptors (Lipinski definition) is 4. The summed E-state index contributed by atoms with van der Waals surface area (Å²) in [6, 6.07) is 12.3. The molecule has 0 spiro atoms. The van der Waals surface area contributed by atoms with E-state index in [2.05, 4.69) is 4.98 Å². The van der Waals surface area contributed by atoms with Crippen molar-refractivity contribution in [1.29, 1.82) is 0 Å². The normalized spacial score (nSPS) is 10.4. The molecule has 4 nitrogen and oxygen atoms in total. The Hall–Kier alpha value is -2.14. The zero-order chi connectivity index (χ0) is 15.1. The summed E-state index contributed by atoms with van der Waals surface area (Å²) >= 11 is 0. The van der Waals surface area contributed by atoms with E-state index in [0.29, 0.717) is 31.2 Å². The molecule has 2 aromatic rings. The Labute approximate surface area is 124 Å². The van der Waals surface area contributed by atoms with E-state index >= 15 is 0 Å². The summed E-state index contributed by atoms with van der Waals surface area (Å²) in [6.45, 7) is 1.75. The van der Waals surface area contributed by atoms with Gasteiger partial charge in [0.25, 0.3) is 0 Å². The van der Waals surface area contributed by atoms with Crippen molar-refractivity contribution in [2.45, 2.75) is 13.0 Å². The van der Waals surface area contributed by atoms with Crippen molar-refractivity contribution in [3.63, 3.8) is 0 Å². The quantitative estimate of drug-likeness (QED) is 0.851. The molecule has 0 aliphatic heterocycles. The number of benzene rings is 1. The van der Waals surface area contributed by atoms with Crippen molar-refractivity contribution in [3.8, 4) is 5.88 Å². The highest BCUT2D eigenvalue weighted by atomic mass is 19.1. The summed E-state index contributed by atoms with van der Waals surface area (Å²) < 4.78 is 19.1. The van der Waals surface area contributed by atoms with Crippen molar-refractivity contribution in [1.82, 2.24) is 4.98 Å². The van der Waals surface area contributed by atoms with Crippen LogP contribution in [-0.2, 0) is 6.54 Å². The maximum absolute atomic E-state index is 14.0. The highest BCUT2D eigenvalue weighted by Crippen LogP contribution is 2.21. The highest BCUT2D eigenvalue weighted by molar-refractivity contribution is 5.47. The van der Waals surface area contributed by atoms with Gasteiger partial charge in [-0.1, -0.05) is 18.2 Å². The van der Waals surface area contributed by atoms with Crippen LogP contribution in [0, 0.1) is 5.82 Å². The maximum atomic E-state index is 14.0. The van der Waals surface area contributed by atoms with Crippen molar-refractivity contribution in [2.24, 2.45) is 5.73 Å². The van der Waals surface area contributed by atoms with Crippen LogP contribution in [0.4, 0.5) is 10.1 Å². The first kappa shape index (κ1) is 15.3. The molecule has 0 fully saturated rings. The predicted octanol–water partition coefficient (Wildman–Crippen LogP) is 2.58. The monoisotopic (exact) mass is 289 g/mol. The molecule has 0 bridgehead atoms. The Morgan fingerprint density at radius 3 is 2.71 bits per heavy atom. The number of nitrogens with zero attached hydrogens (tertiary/aromatic N) is 2. The zero-order valence-corrected chi connectivity index (χ0v) is 12.1. The number of ether oxygens (including phenoxy) is 1. The Bertz CT molecular complexity index is 577. The first-order chi connectivity index (χ1) is 10.2. The van der Waals surface area contributed by atoms with Crippen LogP contribution >= 0.6 is 0 Å². The van der Waals surface area contributed by atoms with E-state index in [0.717, 1.165) is 12.1 Å². The van der Waals surface area contributed by atoms with E-state index in [1.165, 1.54) is 6.07 Å². The number of aromatic nitrogens is 1. The van der Waals surface area contributed by atoms with Crippen LogP contribution in [0.3, 0.4) is 0 Å². The van der Waals surface area contributed by atoms with E-state index in [-0.39, 0.29) is 5.82 Å². The average Bonchev–Trinajstić information content (AvgIpc) is 2.52. The van der Waals surface area contributed by atoms with Crippen LogP contribution in [0.2, 0.25) is 0 Å². The molecule has 0 saturated heterocycles. The van der Waals surface area contributed by atoms with Gasteiger partial charge >= 0.3 is 0 Å². The third kappa shape index (κ3) is 4.16. The SMILES string of the molecule is COc1cccc(CN(CCCN)c2ccccc2F)n1. The molecule has 1 aromatic carbocycles. The molecule has 112 valence electrons. The van der Waals surface area contributed by atoms with Crippen LogP contribution in [0.15, 0.2) is 42.5 Å². The molecule has 0 unspecified atom stereocenters. The lowest BCUT2D eigenvalue weighted by Crippen LogP contribution is -2.27. The first-order valence-electron chi connectivity index (χ1n) is 6.94. The molecule has 2 rings (SSSR count). The molecule has 0 aliphatic carbocycles. The molecule has 0 amide bonds. The van der Waals surface area contributed by atoms with Gasteiger partial charge in [0.15, 0.2) is 0 Å². The topological polar surface area (TPSA) is 51.4 Å². The number of hydrogen-bond donors (Lipinski definition) is 1. The predicted molar refractivity (Wildman–Crippen MR) is 81.9 cm³/mol. The molecule has 1 heterocycles. The lowest BCUT2D eigenvalue weighted by atomic mass is 10.2. The minimum absolute atomic E-state index is 0.239. The summed E-state index contributed by atoms with van der Waals surface area (Å²) in [5, 5.41) is 0. The summed E-state index contributed by atoms with van der Waals surface area (Å²) in [5.41, 5.74) is 6.97. The molecule has 0 radical (unpaired) electrons. The van der Waals surface area contributed by atoms with Gasteiger partial charge in [-0.3, -0.25) is 0 Å². The van der Waals surface area contributed by atoms with Gasteiger partial charge < -0.3 is 15.4 Å². The first-order valence-corrected chi connectivity index (χ1v) is 6.94. The molecule has 2 N–H and O–H groups in total. The standard InChI is InChI=1S/C16H20FN3O/c1-21-16-9-4-6-13(19-16)12-20(11-5-10-18)15-8-3-2-7-14(15)17/h2-4,6-9H,5,10-12,18H2,1H3. The Balaban J connectivity index is 2.21. The summed E-state index contributed by atoms with van der Waals surface area (Å²) in [7, 11) is 1.58. The fourth-order valence-corrected chi connectivity index (χ4v) is 2.13. The Kier molecular flexibility index (Phi) is 5.51. The molecule has 5 heteroatoms. The highest BCUT2D eigenvalue weighted by Gasteiger charge is 2.12. The van der Waals surface area contributed by atoms with Gasteiger partial charge in [-0.25, -0.2) is 9.37 Å². The van der Waals surface area contributed by atoms with Crippen LogP contribution in [0.1, 0.15) is 12.1 Å². The molecular weight excluding hydrogens is 269 g/mol. The number of methoxy groups -OCH3 is 1. The second-order valence-electron chi connectivity index (χ2n) is 4.69. The fraction of sp³-hybridized carbons (Fsp3) is 0.312. The smallest absolute Gasteiger partial charge is 0.213 e. The minimum atomic E-state index is -0.239. The van der Waals surface area contributed by atoms with E-state index in [1.54, 1.807) is 25.3 Å². The van der Waals surface area contributed by atoms with Gasteiger partial charge in [0.05, 0.1) is 25.0 Å². The van der Waals surface area contributed by atoms with Crippen molar-refractivity contribution in [2.75, 3.05) is 25.1 Å². The van der Waals surface area contributed by atoms with E-state index in [9.17, 15) is 4.39 Å². The molecule has 0 saturated carbocycles. The number of pyridine rings is 1. The molecule has 0 atom stereocenters. The van der Waals surface area contributed by atoms with Gasteiger partial charge in [0.2, 0.25) is 5.88 Å². The van der Waals surface area contributed by atoms with Crippen molar-refractivity contribution >= 4 is 5.69 Å². The second-order valence-corrected chi connectivity index (χ2v) is 4.69. The number of rotatable bonds is 7. The molecular formula is C16H20FN3O. The fourth-order valence-electron chi connectivity index (χ4n) is 2.13. The second kappa shape index (κ2) is 7.59.